The normalized spacial score (nSPS) is 19.8. The van der Waals surface area contributed by atoms with E-state index >= 15 is 0 Å². The van der Waals surface area contributed by atoms with Crippen molar-refractivity contribution in [3.8, 4) is 0 Å². The molecule has 0 aromatic carbocycles. The summed E-state index contributed by atoms with van der Waals surface area (Å²) in [5.74, 6) is -0.650. The number of H-pyrrole nitrogens is 1. The van der Waals surface area contributed by atoms with Gasteiger partial charge in [-0.3, -0.25) is 4.79 Å². The fraction of sp³-hybridized carbons (Fsp3) is 0.471. The topological polar surface area (TPSA) is 116 Å². The minimum Gasteiger partial charge on any atom is -0.379 e. The molecular weight excluding hydrogens is 377 g/mol. The predicted octanol–water partition coefficient (Wildman–Crippen LogP) is 2.06. The van der Waals surface area contributed by atoms with Crippen LogP contribution in [-0.2, 0) is 0 Å². The van der Waals surface area contributed by atoms with Crippen LogP contribution in [0, 0.1) is 5.92 Å². The number of alkyl halides is 3. The number of carbonyl (C=O) groups excluding carboxylic acids is 2. The number of hydrogen-bond donors (Lipinski definition) is 4. The number of nitrogens with one attached hydrogen (secondary N) is 3. The van der Waals surface area contributed by atoms with Crippen molar-refractivity contribution < 1.29 is 22.8 Å². The monoisotopic (exact) mass is 398 g/mol. The molecule has 0 radical (unpaired) electrons. The van der Waals surface area contributed by atoms with Crippen LogP contribution in [0.25, 0.3) is 11.0 Å². The summed E-state index contributed by atoms with van der Waals surface area (Å²) in [6.45, 7) is 1.07. The molecule has 152 valence electrons. The average molecular weight is 398 g/mol. The zero-order chi connectivity index (χ0) is 20.5. The Morgan fingerprint density at radius 3 is 2.79 bits per heavy atom. The van der Waals surface area contributed by atoms with E-state index in [0.717, 1.165) is 0 Å². The van der Waals surface area contributed by atoms with Gasteiger partial charge in [-0.25, -0.2) is 9.78 Å². The maximum atomic E-state index is 12.3. The number of pyridine rings is 1. The lowest BCUT2D eigenvalue weighted by Gasteiger charge is -2.21. The Hall–Kier alpha value is -2.98. The van der Waals surface area contributed by atoms with Gasteiger partial charge in [0.2, 0.25) is 0 Å². The Balaban J connectivity index is 1.80. The SMILES string of the molecule is CC[C@H]1CN(C(=O)NCC(F)(F)F)C[C@H]1Nc1c(C(N)=O)cnc2[nH]ccc12. The third kappa shape index (κ3) is 4.12. The summed E-state index contributed by atoms with van der Waals surface area (Å²) in [7, 11) is 0. The molecule has 0 aliphatic carbocycles. The minimum absolute atomic E-state index is 0.000444. The minimum atomic E-state index is -4.47. The molecular formula is C17H21F3N6O2. The lowest BCUT2D eigenvalue weighted by atomic mass is 10.00. The van der Waals surface area contributed by atoms with Gasteiger partial charge in [-0.1, -0.05) is 6.92 Å². The summed E-state index contributed by atoms with van der Waals surface area (Å²) >= 11 is 0. The van der Waals surface area contributed by atoms with Crippen molar-refractivity contribution in [3.63, 3.8) is 0 Å². The van der Waals surface area contributed by atoms with Crippen LogP contribution < -0.4 is 16.4 Å². The summed E-state index contributed by atoms with van der Waals surface area (Å²) in [4.78, 5) is 32.4. The van der Waals surface area contributed by atoms with E-state index in [9.17, 15) is 22.8 Å². The Bertz CT molecular complexity index is 881. The Morgan fingerprint density at radius 2 is 2.14 bits per heavy atom. The van der Waals surface area contributed by atoms with E-state index in [1.807, 2.05) is 12.2 Å². The number of fused-ring (bicyclic) bond motifs is 1. The molecule has 1 aliphatic rings. The van der Waals surface area contributed by atoms with E-state index in [4.69, 9.17) is 5.73 Å². The molecule has 0 bridgehead atoms. The van der Waals surface area contributed by atoms with Crippen LogP contribution >= 0.6 is 0 Å². The number of hydrogen-bond acceptors (Lipinski definition) is 4. The van der Waals surface area contributed by atoms with Gasteiger partial charge in [0.15, 0.2) is 0 Å². The second kappa shape index (κ2) is 7.56. The zero-order valence-corrected chi connectivity index (χ0v) is 15.1. The number of amides is 3. The molecule has 3 rings (SSSR count). The Kier molecular flexibility index (Phi) is 5.34. The lowest BCUT2D eigenvalue weighted by molar-refractivity contribution is -0.123. The molecule has 0 spiro atoms. The number of urea groups is 1. The second-order valence-electron chi connectivity index (χ2n) is 6.75. The van der Waals surface area contributed by atoms with E-state index in [2.05, 4.69) is 15.3 Å². The second-order valence-corrected chi connectivity index (χ2v) is 6.75. The van der Waals surface area contributed by atoms with Crippen molar-refractivity contribution in [2.24, 2.45) is 11.7 Å². The van der Waals surface area contributed by atoms with Gasteiger partial charge in [-0.15, -0.1) is 0 Å². The van der Waals surface area contributed by atoms with Crippen LogP contribution in [0.3, 0.4) is 0 Å². The fourth-order valence-electron chi connectivity index (χ4n) is 3.44. The molecule has 3 heterocycles. The quantitative estimate of drug-likeness (QED) is 0.617. The van der Waals surface area contributed by atoms with Crippen molar-refractivity contribution in [2.45, 2.75) is 25.6 Å². The summed E-state index contributed by atoms with van der Waals surface area (Å²) in [6.07, 6.45) is -0.720. The lowest BCUT2D eigenvalue weighted by Crippen LogP contribution is -2.43. The molecule has 8 nitrogen and oxygen atoms in total. The first-order valence-electron chi connectivity index (χ1n) is 8.81. The summed E-state index contributed by atoms with van der Waals surface area (Å²) in [6, 6.07) is 0.734. The van der Waals surface area contributed by atoms with Crippen LogP contribution in [0.15, 0.2) is 18.5 Å². The van der Waals surface area contributed by atoms with Crippen LogP contribution in [0.1, 0.15) is 23.7 Å². The maximum Gasteiger partial charge on any atom is 0.405 e. The standard InChI is InChI=1S/C17H21F3N6O2/c1-2-9-6-26(16(28)24-8-17(18,19)20)7-12(9)25-13-10-3-4-22-15(10)23-5-11(13)14(21)27/h3-5,9,12H,2,6-8H2,1H3,(H2,21,27)(H,24,28)(H2,22,23,25)/t9-,12+/m0/s1. The number of aromatic nitrogens is 2. The third-order valence-corrected chi connectivity index (χ3v) is 4.87. The molecule has 11 heteroatoms. The molecule has 1 saturated heterocycles. The maximum absolute atomic E-state index is 12.3. The van der Waals surface area contributed by atoms with Crippen LogP contribution in [0.4, 0.5) is 23.7 Å². The molecule has 1 aliphatic heterocycles. The third-order valence-electron chi connectivity index (χ3n) is 4.87. The van der Waals surface area contributed by atoms with E-state index < -0.39 is 24.7 Å². The van der Waals surface area contributed by atoms with Gasteiger partial charge in [0.05, 0.1) is 11.3 Å². The number of likely N-dealkylation sites (tertiary alicyclic amines) is 1. The Morgan fingerprint density at radius 1 is 1.39 bits per heavy atom. The largest absolute Gasteiger partial charge is 0.405 e. The molecule has 5 N–H and O–H groups in total. The first-order valence-corrected chi connectivity index (χ1v) is 8.81. The number of halogens is 3. The molecule has 2 atom stereocenters. The summed E-state index contributed by atoms with van der Waals surface area (Å²) < 4.78 is 37.0. The van der Waals surface area contributed by atoms with Crippen molar-refractivity contribution in [3.05, 3.63) is 24.0 Å². The molecule has 2 aromatic heterocycles. The van der Waals surface area contributed by atoms with Gasteiger partial charge in [-0.05, 0) is 18.4 Å². The highest BCUT2D eigenvalue weighted by atomic mass is 19.4. The van der Waals surface area contributed by atoms with Gasteiger partial charge in [0.25, 0.3) is 5.91 Å². The highest BCUT2D eigenvalue weighted by Gasteiger charge is 2.36. The molecule has 28 heavy (non-hydrogen) atoms. The van der Waals surface area contributed by atoms with Gasteiger partial charge >= 0.3 is 12.2 Å². The molecule has 0 saturated carbocycles. The van der Waals surface area contributed by atoms with Gasteiger partial charge in [0, 0.05) is 36.9 Å². The molecule has 1 fully saturated rings. The zero-order valence-electron chi connectivity index (χ0n) is 15.1. The number of carbonyl (C=O) groups is 2. The van der Waals surface area contributed by atoms with Crippen LogP contribution in [0.2, 0.25) is 0 Å². The number of anilines is 1. The molecule has 0 unspecified atom stereocenters. The molecule has 3 amide bonds. The predicted molar refractivity (Wildman–Crippen MR) is 96.8 cm³/mol. The van der Waals surface area contributed by atoms with Crippen molar-refractivity contribution in [2.75, 3.05) is 25.0 Å². The number of aromatic amines is 1. The van der Waals surface area contributed by atoms with Crippen molar-refractivity contribution in [1.82, 2.24) is 20.2 Å². The Labute approximate surface area is 158 Å². The highest BCUT2D eigenvalue weighted by Crippen LogP contribution is 2.30. The number of rotatable bonds is 5. The van der Waals surface area contributed by atoms with E-state index in [1.54, 1.807) is 12.3 Å². The van der Waals surface area contributed by atoms with Crippen molar-refractivity contribution >= 4 is 28.7 Å². The first kappa shape index (κ1) is 19.8. The van der Waals surface area contributed by atoms with E-state index in [1.165, 1.54) is 11.1 Å². The van der Waals surface area contributed by atoms with E-state index in [-0.39, 0.29) is 24.1 Å². The number of primary amides is 1. The molecule has 2 aromatic rings. The van der Waals surface area contributed by atoms with Crippen LogP contribution in [0.5, 0.6) is 0 Å². The summed E-state index contributed by atoms with van der Waals surface area (Å²) in [5.41, 5.74) is 6.74. The van der Waals surface area contributed by atoms with Gasteiger partial charge in [-0.2, -0.15) is 13.2 Å². The van der Waals surface area contributed by atoms with Crippen molar-refractivity contribution in [1.29, 1.82) is 0 Å². The summed E-state index contributed by atoms with van der Waals surface area (Å²) in [5, 5.41) is 5.84. The average Bonchev–Trinajstić information content (AvgIpc) is 3.25. The van der Waals surface area contributed by atoms with Crippen LogP contribution in [-0.4, -0.2) is 58.7 Å². The van der Waals surface area contributed by atoms with E-state index in [0.29, 0.717) is 29.7 Å². The number of nitrogens with zero attached hydrogens (tertiary/aromatic N) is 2. The van der Waals surface area contributed by atoms with Gasteiger partial charge < -0.3 is 26.3 Å². The smallest absolute Gasteiger partial charge is 0.379 e. The first-order chi connectivity index (χ1) is 13.2. The number of nitrogens with two attached hydrogens (primary N) is 1. The fourth-order valence-corrected chi connectivity index (χ4v) is 3.44. The van der Waals surface area contributed by atoms with Gasteiger partial charge in [0.1, 0.15) is 12.2 Å². The highest BCUT2D eigenvalue weighted by molar-refractivity contribution is 6.06.